The van der Waals surface area contributed by atoms with Gasteiger partial charge in [0.1, 0.15) is 21.1 Å². The summed E-state index contributed by atoms with van der Waals surface area (Å²) in [5.74, 6) is -1.97. The largest absolute Gasteiger partial charge is 0.462 e. The number of nitriles is 1. The van der Waals surface area contributed by atoms with E-state index in [2.05, 4.69) is 10.3 Å². The summed E-state index contributed by atoms with van der Waals surface area (Å²) in [6, 6.07) is 4.68. The van der Waals surface area contributed by atoms with Gasteiger partial charge < -0.3 is 14.8 Å². The number of hydrogen-bond acceptors (Lipinski definition) is 8. The van der Waals surface area contributed by atoms with E-state index >= 15 is 0 Å². The number of halogens is 1. The van der Waals surface area contributed by atoms with Gasteiger partial charge in [0.25, 0.3) is 5.91 Å². The van der Waals surface area contributed by atoms with Gasteiger partial charge in [0, 0.05) is 6.20 Å². The lowest BCUT2D eigenvalue weighted by Gasteiger charge is -2.13. The van der Waals surface area contributed by atoms with Crippen LogP contribution in [-0.2, 0) is 14.3 Å². The van der Waals surface area contributed by atoms with Gasteiger partial charge in [0.2, 0.25) is 0 Å². The summed E-state index contributed by atoms with van der Waals surface area (Å²) in [5, 5.41) is 12.2. The van der Waals surface area contributed by atoms with Crippen LogP contribution in [0.3, 0.4) is 0 Å². The lowest BCUT2D eigenvalue weighted by molar-refractivity contribution is -0.123. The number of nitrogens with one attached hydrogen (secondary N) is 1. The van der Waals surface area contributed by atoms with Crippen molar-refractivity contribution >= 4 is 45.8 Å². The van der Waals surface area contributed by atoms with Crippen LogP contribution in [0.4, 0.5) is 5.00 Å². The highest BCUT2D eigenvalue weighted by Crippen LogP contribution is 2.33. The summed E-state index contributed by atoms with van der Waals surface area (Å²) in [6.07, 6.45) is 0.188. The Morgan fingerprint density at radius 1 is 1.39 bits per heavy atom. The van der Waals surface area contributed by atoms with Crippen LogP contribution < -0.4 is 5.32 Å². The SMILES string of the molecule is CCOC(=O)c1sc(NC(=O)C(C)OC(=O)c2ccnc(Cl)c2)c(C#N)c1C. The number of ether oxygens (including phenoxy) is 2. The first kappa shape index (κ1) is 21.3. The molecule has 1 unspecified atom stereocenters. The topological polar surface area (TPSA) is 118 Å². The minimum atomic E-state index is -1.15. The van der Waals surface area contributed by atoms with E-state index in [-0.39, 0.29) is 32.8 Å². The van der Waals surface area contributed by atoms with Crippen molar-refractivity contribution in [1.82, 2.24) is 4.98 Å². The molecule has 0 saturated carbocycles. The van der Waals surface area contributed by atoms with Gasteiger partial charge >= 0.3 is 11.9 Å². The van der Waals surface area contributed by atoms with Gasteiger partial charge in [-0.3, -0.25) is 4.79 Å². The second-order valence-corrected chi connectivity index (χ2v) is 6.90. The third-order valence-electron chi connectivity index (χ3n) is 3.57. The van der Waals surface area contributed by atoms with E-state index in [0.717, 1.165) is 11.3 Å². The second-order valence-electron chi connectivity index (χ2n) is 5.50. The van der Waals surface area contributed by atoms with Crippen molar-refractivity contribution in [3.05, 3.63) is 45.1 Å². The average molecular weight is 422 g/mol. The molecule has 0 aliphatic rings. The van der Waals surface area contributed by atoms with E-state index in [1.807, 2.05) is 6.07 Å². The number of amides is 1. The molecule has 146 valence electrons. The Labute approximate surface area is 170 Å². The van der Waals surface area contributed by atoms with Gasteiger partial charge in [-0.25, -0.2) is 14.6 Å². The lowest BCUT2D eigenvalue weighted by Crippen LogP contribution is -2.30. The molecule has 1 N–H and O–H groups in total. The Kier molecular flexibility index (Phi) is 7.09. The van der Waals surface area contributed by atoms with E-state index in [1.54, 1.807) is 13.8 Å². The number of aromatic nitrogens is 1. The quantitative estimate of drug-likeness (QED) is 0.561. The highest BCUT2D eigenvalue weighted by Gasteiger charge is 2.25. The number of rotatable bonds is 6. The molecule has 8 nitrogen and oxygen atoms in total. The molecule has 0 bridgehead atoms. The van der Waals surface area contributed by atoms with Crippen molar-refractivity contribution in [3.63, 3.8) is 0 Å². The molecule has 10 heteroatoms. The highest BCUT2D eigenvalue weighted by atomic mass is 35.5. The number of nitrogens with zero attached hydrogens (tertiary/aromatic N) is 2. The first-order chi connectivity index (χ1) is 13.3. The minimum Gasteiger partial charge on any atom is -0.462 e. The minimum absolute atomic E-state index is 0.116. The molecule has 2 aromatic rings. The maximum Gasteiger partial charge on any atom is 0.348 e. The summed E-state index contributed by atoms with van der Waals surface area (Å²) in [5.41, 5.74) is 0.715. The van der Waals surface area contributed by atoms with Crippen molar-refractivity contribution in [2.45, 2.75) is 26.9 Å². The van der Waals surface area contributed by atoms with Crippen LogP contribution >= 0.6 is 22.9 Å². The summed E-state index contributed by atoms with van der Waals surface area (Å²) < 4.78 is 10.1. The van der Waals surface area contributed by atoms with E-state index < -0.39 is 23.9 Å². The fourth-order valence-electron chi connectivity index (χ4n) is 2.15. The zero-order chi connectivity index (χ0) is 20.8. The number of thiophene rings is 1. The first-order valence-electron chi connectivity index (χ1n) is 8.12. The smallest absolute Gasteiger partial charge is 0.348 e. The molecule has 0 saturated heterocycles. The Morgan fingerprint density at radius 2 is 2.11 bits per heavy atom. The van der Waals surface area contributed by atoms with Crippen LogP contribution in [0.2, 0.25) is 5.15 Å². The molecule has 0 aliphatic carbocycles. The van der Waals surface area contributed by atoms with Crippen molar-refractivity contribution in [2.75, 3.05) is 11.9 Å². The third-order valence-corrected chi connectivity index (χ3v) is 4.97. The van der Waals surface area contributed by atoms with E-state index in [9.17, 15) is 19.6 Å². The van der Waals surface area contributed by atoms with Gasteiger partial charge in [0.05, 0.1) is 17.7 Å². The number of pyridine rings is 1. The van der Waals surface area contributed by atoms with Crippen LogP contribution in [-0.4, -0.2) is 35.5 Å². The zero-order valence-corrected chi connectivity index (χ0v) is 16.8. The number of carbonyl (C=O) groups excluding carboxylic acids is 3. The van der Waals surface area contributed by atoms with Crippen molar-refractivity contribution in [1.29, 1.82) is 5.26 Å². The zero-order valence-electron chi connectivity index (χ0n) is 15.2. The molecule has 1 amide bonds. The molecule has 2 heterocycles. The Balaban J connectivity index is 2.13. The van der Waals surface area contributed by atoms with Crippen molar-refractivity contribution in [3.8, 4) is 6.07 Å². The van der Waals surface area contributed by atoms with Crippen LogP contribution in [0.1, 0.15) is 45.0 Å². The fraction of sp³-hybridized carbons (Fsp3) is 0.278. The molecular formula is C18H16ClN3O5S. The van der Waals surface area contributed by atoms with E-state index in [1.165, 1.54) is 25.3 Å². The molecule has 0 aromatic carbocycles. The summed E-state index contributed by atoms with van der Waals surface area (Å²) >= 11 is 6.66. The Morgan fingerprint density at radius 3 is 2.71 bits per heavy atom. The highest BCUT2D eigenvalue weighted by molar-refractivity contribution is 7.18. The molecular weight excluding hydrogens is 406 g/mol. The summed E-state index contributed by atoms with van der Waals surface area (Å²) in [7, 11) is 0. The molecule has 1 atom stereocenters. The first-order valence-corrected chi connectivity index (χ1v) is 9.31. The van der Waals surface area contributed by atoms with E-state index in [0.29, 0.717) is 5.56 Å². The standard InChI is InChI=1S/C18H16ClN3O5S/c1-4-26-18(25)14-9(2)12(8-20)16(28-14)22-15(23)10(3)27-17(24)11-5-6-21-13(19)7-11/h5-7,10H,4H2,1-3H3,(H,22,23). The maximum absolute atomic E-state index is 12.4. The summed E-state index contributed by atoms with van der Waals surface area (Å²) in [6.45, 7) is 4.83. The van der Waals surface area contributed by atoms with Crippen LogP contribution in [0.25, 0.3) is 0 Å². The molecule has 0 spiro atoms. The molecule has 28 heavy (non-hydrogen) atoms. The third kappa shape index (κ3) is 4.85. The van der Waals surface area contributed by atoms with Gasteiger partial charge in [-0.1, -0.05) is 11.6 Å². The van der Waals surface area contributed by atoms with Crippen LogP contribution in [0, 0.1) is 18.3 Å². The molecule has 2 rings (SSSR count). The van der Waals surface area contributed by atoms with Gasteiger partial charge in [0.15, 0.2) is 6.10 Å². The fourth-order valence-corrected chi connectivity index (χ4v) is 3.38. The molecule has 0 aliphatic heterocycles. The molecule has 0 fully saturated rings. The normalized spacial score (nSPS) is 11.2. The van der Waals surface area contributed by atoms with Crippen LogP contribution in [0.5, 0.6) is 0 Å². The van der Waals surface area contributed by atoms with E-state index in [4.69, 9.17) is 21.1 Å². The summed E-state index contributed by atoms with van der Waals surface area (Å²) in [4.78, 5) is 40.5. The predicted molar refractivity (Wildman–Crippen MR) is 102 cm³/mol. The second kappa shape index (κ2) is 9.30. The maximum atomic E-state index is 12.4. The Bertz CT molecular complexity index is 967. The van der Waals surface area contributed by atoms with Gasteiger partial charge in [-0.15, -0.1) is 11.3 Å². The van der Waals surface area contributed by atoms with Crippen LogP contribution in [0.15, 0.2) is 18.3 Å². The average Bonchev–Trinajstić information content (AvgIpc) is 2.97. The van der Waals surface area contributed by atoms with Gasteiger partial charge in [-0.2, -0.15) is 5.26 Å². The van der Waals surface area contributed by atoms with Gasteiger partial charge in [-0.05, 0) is 38.5 Å². The molecule has 0 radical (unpaired) electrons. The molecule has 2 aromatic heterocycles. The monoisotopic (exact) mass is 421 g/mol. The number of carbonyl (C=O) groups is 3. The number of esters is 2. The van der Waals surface area contributed by atoms with Crippen molar-refractivity contribution < 1.29 is 23.9 Å². The Hall–Kier alpha value is -2.96. The number of anilines is 1. The number of hydrogen-bond donors (Lipinski definition) is 1. The lowest BCUT2D eigenvalue weighted by atomic mass is 10.1. The van der Waals surface area contributed by atoms with Crippen molar-refractivity contribution in [2.24, 2.45) is 0 Å². The predicted octanol–water partition coefficient (Wildman–Crippen LogP) is 3.34.